The molecule has 1 saturated heterocycles. The largest absolute Gasteiger partial charge is 0.379 e. The van der Waals surface area contributed by atoms with Gasteiger partial charge in [-0.25, -0.2) is 13.1 Å². The van der Waals surface area contributed by atoms with E-state index >= 15 is 0 Å². The number of rotatable bonds is 10. The highest BCUT2D eigenvalue weighted by molar-refractivity contribution is 7.90. The maximum Gasteiger partial charge on any atom is 0.175 e. The first-order valence-corrected chi connectivity index (χ1v) is 17.6. The van der Waals surface area contributed by atoms with Crippen LogP contribution >= 0.6 is 22.9 Å². The second kappa shape index (κ2) is 13.4. The van der Waals surface area contributed by atoms with E-state index < -0.39 is 9.84 Å². The van der Waals surface area contributed by atoms with Crippen molar-refractivity contribution in [3.05, 3.63) is 113 Å². The molecule has 10 heteroatoms. The average molecular weight is 647 g/mol. The highest BCUT2D eigenvalue weighted by Crippen LogP contribution is 2.37. The summed E-state index contributed by atoms with van der Waals surface area (Å²) in [4.78, 5) is 7.13. The van der Waals surface area contributed by atoms with E-state index in [9.17, 15) is 8.42 Å². The standard InChI is InChI=1S/C34H35ClN4O3S2/c1-37(32(25-9-4-3-5-10-25)24-38-17-19-42-20-18-38)23-27-22-31(39(36-27)30-14-7-6-13-29(30)35)34-16-15-33(43-34)26-11-8-12-28(21-26)44(2,40)41/h3-16,21-22,32H,17-20,23-24H2,1-2H3. The molecule has 0 spiro atoms. The molecule has 3 heterocycles. The van der Waals surface area contributed by atoms with E-state index in [0.717, 1.165) is 65.2 Å². The van der Waals surface area contributed by atoms with Gasteiger partial charge in [-0.15, -0.1) is 11.3 Å². The number of hydrogen-bond acceptors (Lipinski definition) is 7. The molecule has 1 aliphatic heterocycles. The van der Waals surface area contributed by atoms with Crippen LogP contribution in [0.3, 0.4) is 0 Å². The van der Waals surface area contributed by atoms with E-state index in [0.29, 0.717) is 16.5 Å². The number of thiophene rings is 1. The van der Waals surface area contributed by atoms with Crippen LogP contribution in [0.2, 0.25) is 5.02 Å². The first kappa shape index (κ1) is 30.7. The van der Waals surface area contributed by atoms with E-state index in [-0.39, 0.29) is 6.04 Å². The molecule has 1 unspecified atom stereocenters. The fourth-order valence-corrected chi connectivity index (χ4v) is 7.46. The second-order valence-electron chi connectivity index (χ2n) is 11.1. The van der Waals surface area contributed by atoms with Gasteiger partial charge in [-0.3, -0.25) is 9.80 Å². The van der Waals surface area contributed by atoms with Gasteiger partial charge in [0.2, 0.25) is 0 Å². The van der Waals surface area contributed by atoms with Crippen molar-refractivity contribution >= 4 is 32.8 Å². The van der Waals surface area contributed by atoms with Gasteiger partial charge in [-0.05, 0) is 60.6 Å². The zero-order valence-corrected chi connectivity index (χ0v) is 27.2. The quantitative estimate of drug-likeness (QED) is 0.166. The van der Waals surface area contributed by atoms with E-state index in [1.807, 2.05) is 41.1 Å². The molecule has 5 aromatic rings. The zero-order chi connectivity index (χ0) is 30.7. The number of para-hydroxylation sites is 1. The highest BCUT2D eigenvalue weighted by Gasteiger charge is 2.24. The van der Waals surface area contributed by atoms with Crippen molar-refractivity contribution in [3.63, 3.8) is 0 Å². The molecule has 228 valence electrons. The Bertz CT molecular complexity index is 1830. The Kier molecular flexibility index (Phi) is 9.32. The number of nitrogens with zero attached hydrogens (tertiary/aromatic N) is 4. The Balaban J connectivity index is 1.34. The summed E-state index contributed by atoms with van der Waals surface area (Å²) >= 11 is 8.29. The van der Waals surface area contributed by atoms with Crippen LogP contribution < -0.4 is 0 Å². The summed E-state index contributed by atoms with van der Waals surface area (Å²) in [5.74, 6) is 0. The number of hydrogen-bond donors (Lipinski definition) is 0. The van der Waals surface area contributed by atoms with Crippen LogP contribution in [-0.4, -0.2) is 74.1 Å². The summed E-state index contributed by atoms with van der Waals surface area (Å²) in [6, 6.07) is 31.9. The van der Waals surface area contributed by atoms with E-state index in [4.69, 9.17) is 21.4 Å². The molecule has 0 aliphatic carbocycles. The predicted octanol–water partition coefficient (Wildman–Crippen LogP) is 6.83. The van der Waals surface area contributed by atoms with Crippen molar-refractivity contribution in [2.24, 2.45) is 0 Å². The number of ether oxygens (including phenoxy) is 1. The van der Waals surface area contributed by atoms with Crippen LogP contribution in [0.25, 0.3) is 26.7 Å². The third-order valence-corrected chi connectivity index (χ3v) is 10.5. The number of benzene rings is 3. The average Bonchev–Trinajstić information content (AvgIpc) is 3.68. The minimum atomic E-state index is -3.31. The summed E-state index contributed by atoms with van der Waals surface area (Å²) in [6.45, 7) is 4.93. The normalized spacial score (nSPS) is 15.1. The van der Waals surface area contributed by atoms with Crippen LogP contribution in [0, 0.1) is 0 Å². The SMILES string of the molecule is CN(Cc1cc(-c2ccc(-c3cccc(S(C)(=O)=O)c3)s2)n(-c2ccccc2Cl)n1)C(CN1CCOCC1)c1ccccc1. The summed E-state index contributed by atoms with van der Waals surface area (Å²) in [5.41, 5.74) is 4.80. The maximum absolute atomic E-state index is 12.2. The summed E-state index contributed by atoms with van der Waals surface area (Å²) < 4.78 is 31.9. The number of likely N-dealkylation sites (N-methyl/N-ethyl adjacent to an activating group) is 1. The monoisotopic (exact) mass is 646 g/mol. The lowest BCUT2D eigenvalue weighted by molar-refractivity contribution is 0.0239. The zero-order valence-electron chi connectivity index (χ0n) is 24.8. The number of halogens is 1. The lowest BCUT2D eigenvalue weighted by atomic mass is 10.0. The summed E-state index contributed by atoms with van der Waals surface area (Å²) in [5, 5.41) is 5.71. The molecule has 6 rings (SSSR count). The minimum absolute atomic E-state index is 0.179. The van der Waals surface area contributed by atoms with Gasteiger partial charge in [0.1, 0.15) is 0 Å². The molecular weight excluding hydrogens is 612 g/mol. The first-order chi connectivity index (χ1) is 21.3. The Labute approximate surface area is 268 Å². The Morgan fingerprint density at radius 1 is 0.932 bits per heavy atom. The van der Waals surface area contributed by atoms with Gasteiger partial charge in [0, 0.05) is 43.4 Å². The molecule has 3 aromatic carbocycles. The molecule has 1 aliphatic rings. The predicted molar refractivity (Wildman–Crippen MR) is 178 cm³/mol. The number of sulfone groups is 1. The van der Waals surface area contributed by atoms with E-state index in [1.165, 1.54) is 11.8 Å². The van der Waals surface area contributed by atoms with Crippen LogP contribution in [0.4, 0.5) is 0 Å². The number of aromatic nitrogens is 2. The molecule has 0 amide bonds. The Hall–Kier alpha value is -3.31. The van der Waals surface area contributed by atoms with Gasteiger partial charge in [-0.1, -0.05) is 66.2 Å². The molecule has 7 nitrogen and oxygen atoms in total. The van der Waals surface area contributed by atoms with Crippen molar-refractivity contribution < 1.29 is 13.2 Å². The van der Waals surface area contributed by atoms with Crippen LogP contribution in [-0.2, 0) is 21.1 Å². The lowest BCUT2D eigenvalue weighted by Crippen LogP contribution is -2.42. The van der Waals surface area contributed by atoms with Crippen molar-refractivity contribution in [1.82, 2.24) is 19.6 Å². The smallest absolute Gasteiger partial charge is 0.175 e. The Morgan fingerprint density at radius 3 is 2.41 bits per heavy atom. The fraction of sp³-hybridized carbons (Fsp3) is 0.265. The molecule has 1 atom stereocenters. The molecule has 0 bridgehead atoms. The molecular formula is C34H35ClN4O3S2. The Morgan fingerprint density at radius 2 is 1.66 bits per heavy atom. The molecule has 44 heavy (non-hydrogen) atoms. The topological polar surface area (TPSA) is 67.7 Å². The first-order valence-electron chi connectivity index (χ1n) is 14.6. The summed E-state index contributed by atoms with van der Waals surface area (Å²) in [6.07, 6.45) is 1.23. The van der Waals surface area contributed by atoms with E-state index in [2.05, 4.69) is 59.3 Å². The van der Waals surface area contributed by atoms with Gasteiger partial charge >= 0.3 is 0 Å². The second-order valence-corrected chi connectivity index (χ2v) is 14.6. The van der Waals surface area contributed by atoms with Crippen molar-refractivity contribution in [1.29, 1.82) is 0 Å². The van der Waals surface area contributed by atoms with E-state index in [1.54, 1.807) is 29.5 Å². The van der Waals surface area contributed by atoms with Crippen molar-refractivity contribution in [2.45, 2.75) is 17.5 Å². The molecule has 0 radical (unpaired) electrons. The summed E-state index contributed by atoms with van der Waals surface area (Å²) in [7, 11) is -1.15. The molecule has 2 aromatic heterocycles. The van der Waals surface area contributed by atoms with Crippen molar-refractivity contribution in [2.75, 3.05) is 46.2 Å². The third-order valence-electron chi connectivity index (χ3n) is 7.91. The van der Waals surface area contributed by atoms with Crippen molar-refractivity contribution in [3.8, 4) is 26.7 Å². The molecule has 0 saturated carbocycles. The molecule has 1 fully saturated rings. The van der Waals surface area contributed by atoms with Gasteiger partial charge < -0.3 is 4.74 Å². The lowest BCUT2D eigenvalue weighted by Gasteiger charge is -2.35. The van der Waals surface area contributed by atoms with Crippen LogP contribution in [0.1, 0.15) is 17.3 Å². The van der Waals surface area contributed by atoms with Gasteiger partial charge in [-0.2, -0.15) is 5.10 Å². The maximum atomic E-state index is 12.2. The molecule has 0 N–H and O–H groups in total. The van der Waals surface area contributed by atoms with Gasteiger partial charge in [0.15, 0.2) is 9.84 Å². The third kappa shape index (κ3) is 6.99. The van der Waals surface area contributed by atoms with Crippen LogP contribution in [0.5, 0.6) is 0 Å². The van der Waals surface area contributed by atoms with Crippen LogP contribution in [0.15, 0.2) is 102 Å². The highest BCUT2D eigenvalue weighted by atomic mass is 35.5. The number of morpholine rings is 1. The minimum Gasteiger partial charge on any atom is -0.379 e. The van der Waals surface area contributed by atoms with Gasteiger partial charge in [0.25, 0.3) is 0 Å². The van der Waals surface area contributed by atoms with Gasteiger partial charge in [0.05, 0.1) is 45.1 Å². The fourth-order valence-electron chi connectivity index (χ4n) is 5.57.